The number of fused-ring (bicyclic) bond motifs is 1. The fourth-order valence-electron chi connectivity index (χ4n) is 2.77. The number of esters is 1. The van der Waals surface area contributed by atoms with E-state index >= 15 is 0 Å². The van der Waals surface area contributed by atoms with Crippen molar-refractivity contribution in [2.75, 3.05) is 7.11 Å². The Hall–Kier alpha value is -1.95. The van der Waals surface area contributed by atoms with Gasteiger partial charge in [0.25, 0.3) is 0 Å². The van der Waals surface area contributed by atoms with Crippen molar-refractivity contribution >= 4 is 16.9 Å². The number of benzene rings is 2. The molecule has 124 valence electrons. The highest BCUT2D eigenvalue weighted by Gasteiger charge is 2.13. The van der Waals surface area contributed by atoms with E-state index in [0.717, 1.165) is 12.1 Å². The van der Waals surface area contributed by atoms with E-state index < -0.39 is 0 Å². The van der Waals surface area contributed by atoms with Gasteiger partial charge in [-0.05, 0) is 18.6 Å². The highest BCUT2D eigenvalue weighted by Crippen LogP contribution is 2.14. The Bertz CT molecular complexity index is 818. The lowest BCUT2D eigenvalue weighted by atomic mass is 10.1. The van der Waals surface area contributed by atoms with E-state index in [1.807, 2.05) is 12.1 Å². The minimum Gasteiger partial charge on any atom is -1.00 e. The van der Waals surface area contributed by atoms with Crippen LogP contribution in [0.2, 0.25) is 0 Å². The Kier molecular flexibility index (Phi) is 6.73. The zero-order valence-electron chi connectivity index (χ0n) is 13.6. The zero-order valence-corrected chi connectivity index (χ0v) is 15.8. The number of aryl methyl sites for hydroxylation is 1. The molecule has 3 aromatic rings. The van der Waals surface area contributed by atoms with Crippen LogP contribution in [0.4, 0.5) is 0 Å². The summed E-state index contributed by atoms with van der Waals surface area (Å²) in [6, 6.07) is 20.9. The Morgan fingerprint density at radius 3 is 2.46 bits per heavy atom. The monoisotopic (exact) mass is 433 g/mol. The summed E-state index contributed by atoms with van der Waals surface area (Å²) in [5.41, 5.74) is 3.59. The second-order valence-corrected chi connectivity index (χ2v) is 5.60. The van der Waals surface area contributed by atoms with Crippen molar-refractivity contribution in [3.05, 3.63) is 78.0 Å². The van der Waals surface area contributed by atoms with E-state index in [-0.39, 0.29) is 29.9 Å². The van der Waals surface area contributed by atoms with E-state index in [2.05, 4.69) is 59.3 Å². The highest BCUT2D eigenvalue weighted by molar-refractivity contribution is 5.76. The number of carbonyl (C=O) groups is 1. The molecule has 4 heteroatoms. The number of carbonyl (C=O) groups excluding carboxylic acids is 1. The zero-order chi connectivity index (χ0) is 16.1. The molecule has 0 radical (unpaired) electrons. The van der Waals surface area contributed by atoms with E-state index in [0.29, 0.717) is 12.8 Å². The van der Waals surface area contributed by atoms with Gasteiger partial charge >= 0.3 is 5.97 Å². The van der Waals surface area contributed by atoms with Crippen molar-refractivity contribution in [2.24, 2.45) is 0 Å². The maximum atomic E-state index is 11.4. The molecule has 0 aliphatic rings. The third-order valence-electron chi connectivity index (χ3n) is 3.95. The quantitative estimate of drug-likeness (QED) is 0.329. The van der Waals surface area contributed by atoms with Crippen LogP contribution < -0.4 is 28.5 Å². The van der Waals surface area contributed by atoms with E-state index in [9.17, 15) is 4.79 Å². The molecular formula is C20H20INO2. The van der Waals surface area contributed by atoms with Crippen LogP contribution in [-0.2, 0) is 22.5 Å². The number of para-hydroxylation sites is 1. The smallest absolute Gasteiger partial charge is 0.305 e. The van der Waals surface area contributed by atoms with Gasteiger partial charge in [0, 0.05) is 29.0 Å². The predicted octanol–water partition coefficient (Wildman–Crippen LogP) is 0.285. The van der Waals surface area contributed by atoms with Gasteiger partial charge in [-0.3, -0.25) is 4.79 Å². The van der Waals surface area contributed by atoms with Gasteiger partial charge in [0.1, 0.15) is 0 Å². The van der Waals surface area contributed by atoms with Gasteiger partial charge in [-0.1, -0.05) is 42.5 Å². The molecule has 0 fully saturated rings. The van der Waals surface area contributed by atoms with Gasteiger partial charge in [-0.2, -0.15) is 4.57 Å². The van der Waals surface area contributed by atoms with E-state index in [4.69, 9.17) is 4.74 Å². The van der Waals surface area contributed by atoms with Crippen LogP contribution >= 0.6 is 0 Å². The minimum absolute atomic E-state index is 0. The van der Waals surface area contributed by atoms with Gasteiger partial charge in [0.05, 0.1) is 7.11 Å². The second kappa shape index (κ2) is 8.78. The molecule has 3 rings (SSSR count). The van der Waals surface area contributed by atoms with Crippen molar-refractivity contribution in [3.63, 3.8) is 0 Å². The molecule has 0 spiro atoms. The number of ether oxygens (including phenoxy) is 1. The first kappa shape index (κ1) is 18.4. The molecule has 1 aromatic heterocycles. The van der Waals surface area contributed by atoms with Crippen molar-refractivity contribution in [3.8, 4) is 0 Å². The number of rotatable bonds is 5. The molecule has 1 heterocycles. The van der Waals surface area contributed by atoms with Crippen LogP contribution in [-0.4, -0.2) is 13.1 Å². The van der Waals surface area contributed by atoms with Crippen LogP contribution in [0.15, 0.2) is 66.9 Å². The third kappa shape index (κ3) is 4.54. The fraction of sp³-hybridized carbons (Fsp3) is 0.200. The Morgan fingerprint density at radius 1 is 1.00 bits per heavy atom. The van der Waals surface area contributed by atoms with E-state index in [1.54, 1.807) is 0 Å². The predicted molar refractivity (Wildman–Crippen MR) is 90.0 cm³/mol. The number of nitrogens with zero attached hydrogens (tertiary/aromatic N) is 1. The summed E-state index contributed by atoms with van der Waals surface area (Å²) in [5.74, 6) is -0.173. The summed E-state index contributed by atoms with van der Waals surface area (Å²) in [4.78, 5) is 11.4. The molecule has 0 atom stereocenters. The maximum Gasteiger partial charge on any atom is 0.305 e. The molecule has 0 bridgehead atoms. The van der Waals surface area contributed by atoms with Crippen LogP contribution in [0.3, 0.4) is 0 Å². The molecule has 24 heavy (non-hydrogen) atoms. The lowest BCUT2D eigenvalue weighted by Crippen LogP contribution is -3.00. The normalized spacial score (nSPS) is 10.2. The highest BCUT2D eigenvalue weighted by atomic mass is 127. The number of methoxy groups -OCH3 is 1. The molecule has 0 N–H and O–H groups in total. The maximum absolute atomic E-state index is 11.4. The molecule has 0 saturated carbocycles. The molecule has 2 aromatic carbocycles. The average molecular weight is 433 g/mol. The van der Waals surface area contributed by atoms with Gasteiger partial charge < -0.3 is 28.7 Å². The fourth-order valence-corrected chi connectivity index (χ4v) is 2.77. The number of hydrogen-bond donors (Lipinski definition) is 0. The molecule has 3 nitrogen and oxygen atoms in total. The van der Waals surface area contributed by atoms with Crippen LogP contribution in [0.1, 0.15) is 17.5 Å². The van der Waals surface area contributed by atoms with Gasteiger partial charge in [-0.15, -0.1) is 0 Å². The number of halogens is 1. The second-order valence-electron chi connectivity index (χ2n) is 5.60. The van der Waals surface area contributed by atoms with Crippen molar-refractivity contribution in [2.45, 2.75) is 19.4 Å². The first-order valence-corrected chi connectivity index (χ1v) is 7.78. The summed E-state index contributed by atoms with van der Waals surface area (Å²) >= 11 is 0. The lowest BCUT2D eigenvalue weighted by molar-refractivity contribution is -0.662. The lowest BCUT2D eigenvalue weighted by Gasteiger charge is -2.06. The van der Waals surface area contributed by atoms with Crippen molar-refractivity contribution < 1.29 is 38.1 Å². The molecule has 0 amide bonds. The van der Waals surface area contributed by atoms with E-state index in [1.165, 1.54) is 23.6 Å². The Balaban J connectivity index is 0.00000208. The number of pyridine rings is 1. The van der Waals surface area contributed by atoms with Crippen molar-refractivity contribution in [1.29, 1.82) is 0 Å². The largest absolute Gasteiger partial charge is 1.00 e. The minimum atomic E-state index is -0.173. The first-order chi connectivity index (χ1) is 11.3. The van der Waals surface area contributed by atoms with Gasteiger partial charge in [0.2, 0.25) is 5.52 Å². The van der Waals surface area contributed by atoms with Gasteiger partial charge in [0.15, 0.2) is 12.7 Å². The molecule has 0 aliphatic heterocycles. The summed E-state index contributed by atoms with van der Waals surface area (Å²) in [5, 5.41) is 1.19. The summed E-state index contributed by atoms with van der Waals surface area (Å²) in [6.45, 7) is 0.813. The summed E-state index contributed by atoms with van der Waals surface area (Å²) in [6.07, 6.45) is 3.23. The summed E-state index contributed by atoms with van der Waals surface area (Å²) in [7, 11) is 1.43. The summed E-state index contributed by atoms with van der Waals surface area (Å²) < 4.78 is 6.99. The Morgan fingerprint density at radius 2 is 1.71 bits per heavy atom. The molecule has 0 saturated heterocycles. The van der Waals surface area contributed by atoms with Crippen molar-refractivity contribution in [1.82, 2.24) is 0 Å². The molecule has 0 unspecified atom stereocenters. The topological polar surface area (TPSA) is 30.2 Å². The van der Waals surface area contributed by atoms with Gasteiger partial charge in [-0.25, -0.2) is 0 Å². The SMILES string of the molecule is COC(=O)CCc1cc2ccccc2[n+](Cc2ccccc2)c1.[I-]. The third-order valence-corrected chi connectivity index (χ3v) is 3.95. The molecule has 0 aliphatic carbocycles. The average Bonchev–Trinajstić information content (AvgIpc) is 2.60. The molecular weight excluding hydrogens is 413 g/mol. The standard InChI is InChI=1S/C20H20NO2.HI/c1-23-20(22)12-11-17-13-18-9-5-6-10-19(18)21(15-17)14-16-7-3-2-4-8-16;/h2-10,13,15H,11-12,14H2,1H3;1H/q+1;/p-1. The Labute approximate surface area is 159 Å². The van der Waals surface area contributed by atoms with Crippen LogP contribution in [0.5, 0.6) is 0 Å². The first-order valence-electron chi connectivity index (χ1n) is 7.78. The van der Waals surface area contributed by atoms with Crippen LogP contribution in [0, 0.1) is 0 Å². The number of hydrogen-bond acceptors (Lipinski definition) is 2. The number of aromatic nitrogens is 1. The van der Waals surface area contributed by atoms with Crippen LogP contribution in [0.25, 0.3) is 10.9 Å².